The molecule has 0 spiro atoms. The van der Waals surface area contributed by atoms with Gasteiger partial charge in [-0.1, -0.05) is 0 Å². The maximum absolute atomic E-state index is 11.4. The SMILES string of the molecule is O=C(O)C1CCCN1C(c1ccncc1)c1ccco1. The van der Waals surface area contributed by atoms with Gasteiger partial charge in [0.15, 0.2) is 0 Å². The first-order valence-corrected chi connectivity index (χ1v) is 6.69. The highest BCUT2D eigenvalue weighted by Gasteiger charge is 2.37. The Morgan fingerprint density at radius 1 is 1.40 bits per heavy atom. The largest absolute Gasteiger partial charge is 0.480 e. The number of hydrogen-bond donors (Lipinski definition) is 1. The second-order valence-corrected chi connectivity index (χ2v) is 4.93. The van der Waals surface area contributed by atoms with Crippen LogP contribution in [0.4, 0.5) is 0 Å². The summed E-state index contributed by atoms with van der Waals surface area (Å²) in [6.07, 6.45) is 6.63. The average Bonchev–Trinajstić information content (AvgIpc) is 3.12. The molecule has 0 bridgehead atoms. The van der Waals surface area contributed by atoms with E-state index in [0.717, 1.165) is 24.3 Å². The highest BCUT2D eigenvalue weighted by atomic mass is 16.4. The Bertz CT molecular complexity index is 568. The summed E-state index contributed by atoms with van der Waals surface area (Å²) in [7, 11) is 0. The topological polar surface area (TPSA) is 66.6 Å². The van der Waals surface area contributed by atoms with Crippen molar-refractivity contribution in [3.63, 3.8) is 0 Å². The maximum Gasteiger partial charge on any atom is 0.320 e. The highest BCUT2D eigenvalue weighted by Crippen LogP contribution is 2.34. The van der Waals surface area contributed by atoms with Crippen molar-refractivity contribution in [2.75, 3.05) is 6.54 Å². The lowest BCUT2D eigenvalue weighted by Gasteiger charge is -2.29. The molecule has 2 unspecified atom stereocenters. The summed E-state index contributed by atoms with van der Waals surface area (Å²) < 4.78 is 5.54. The van der Waals surface area contributed by atoms with Gasteiger partial charge in [-0.2, -0.15) is 0 Å². The molecule has 3 heterocycles. The molecule has 20 heavy (non-hydrogen) atoms. The molecule has 5 heteroatoms. The van der Waals surface area contributed by atoms with Crippen LogP contribution >= 0.6 is 0 Å². The van der Waals surface area contributed by atoms with E-state index in [0.29, 0.717) is 6.42 Å². The summed E-state index contributed by atoms with van der Waals surface area (Å²) >= 11 is 0. The number of carboxylic acids is 1. The summed E-state index contributed by atoms with van der Waals surface area (Å²) in [6, 6.07) is 6.90. The van der Waals surface area contributed by atoms with Crippen LogP contribution in [0, 0.1) is 0 Å². The van der Waals surface area contributed by atoms with E-state index >= 15 is 0 Å². The van der Waals surface area contributed by atoms with E-state index in [9.17, 15) is 9.90 Å². The van der Waals surface area contributed by atoms with Gasteiger partial charge in [-0.25, -0.2) is 0 Å². The molecule has 1 aliphatic rings. The van der Waals surface area contributed by atoms with Crippen molar-refractivity contribution in [1.82, 2.24) is 9.88 Å². The average molecular weight is 272 g/mol. The molecule has 2 aromatic heterocycles. The van der Waals surface area contributed by atoms with Crippen LogP contribution in [0.5, 0.6) is 0 Å². The monoisotopic (exact) mass is 272 g/mol. The number of hydrogen-bond acceptors (Lipinski definition) is 4. The Morgan fingerprint density at radius 2 is 2.20 bits per heavy atom. The minimum absolute atomic E-state index is 0.170. The van der Waals surface area contributed by atoms with E-state index in [2.05, 4.69) is 4.98 Å². The van der Waals surface area contributed by atoms with E-state index in [4.69, 9.17) is 4.42 Å². The van der Waals surface area contributed by atoms with Crippen molar-refractivity contribution in [2.45, 2.75) is 24.9 Å². The maximum atomic E-state index is 11.4. The van der Waals surface area contributed by atoms with Crippen molar-refractivity contribution >= 4 is 5.97 Å². The summed E-state index contributed by atoms with van der Waals surface area (Å²) in [5.74, 6) is -0.00235. The molecule has 1 aliphatic heterocycles. The molecule has 2 aromatic rings. The number of carboxylic acid groups (broad SMARTS) is 1. The number of aromatic nitrogens is 1. The first kappa shape index (κ1) is 12.9. The molecule has 1 N–H and O–H groups in total. The molecule has 104 valence electrons. The van der Waals surface area contributed by atoms with E-state index in [-0.39, 0.29) is 6.04 Å². The fraction of sp³-hybridized carbons (Fsp3) is 0.333. The summed E-state index contributed by atoms with van der Waals surface area (Å²) in [6.45, 7) is 0.755. The Balaban J connectivity index is 2.00. The number of pyridine rings is 1. The molecule has 0 aliphatic carbocycles. The van der Waals surface area contributed by atoms with Gasteiger partial charge in [0, 0.05) is 18.9 Å². The lowest BCUT2D eigenvalue weighted by Crippen LogP contribution is -2.39. The molecular weight excluding hydrogens is 256 g/mol. The van der Waals surface area contributed by atoms with Gasteiger partial charge >= 0.3 is 5.97 Å². The zero-order chi connectivity index (χ0) is 13.9. The summed E-state index contributed by atoms with van der Waals surface area (Å²) in [5, 5.41) is 9.39. The molecule has 0 amide bonds. The molecule has 1 fully saturated rings. The highest BCUT2D eigenvalue weighted by molar-refractivity contribution is 5.74. The van der Waals surface area contributed by atoms with E-state index < -0.39 is 12.0 Å². The predicted molar refractivity (Wildman–Crippen MR) is 72.2 cm³/mol. The van der Waals surface area contributed by atoms with Crippen molar-refractivity contribution in [3.8, 4) is 0 Å². The van der Waals surface area contributed by atoms with Crippen molar-refractivity contribution in [3.05, 3.63) is 54.2 Å². The number of aliphatic carboxylic acids is 1. The Morgan fingerprint density at radius 3 is 2.85 bits per heavy atom. The number of rotatable bonds is 4. The van der Waals surface area contributed by atoms with E-state index in [1.165, 1.54) is 0 Å². The zero-order valence-corrected chi connectivity index (χ0v) is 11.0. The van der Waals surface area contributed by atoms with Gasteiger partial charge in [0.1, 0.15) is 11.8 Å². The predicted octanol–water partition coefficient (Wildman–Crippen LogP) is 2.31. The Hall–Kier alpha value is -2.14. The van der Waals surface area contributed by atoms with Crippen LogP contribution in [-0.4, -0.2) is 33.5 Å². The third-order valence-corrected chi connectivity index (χ3v) is 3.75. The van der Waals surface area contributed by atoms with Crippen LogP contribution in [0.2, 0.25) is 0 Å². The van der Waals surface area contributed by atoms with Gasteiger partial charge < -0.3 is 9.52 Å². The van der Waals surface area contributed by atoms with Gasteiger partial charge in [0.05, 0.1) is 12.3 Å². The van der Waals surface area contributed by atoms with Gasteiger partial charge in [-0.15, -0.1) is 0 Å². The van der Waals surface area contributed by atoms with Crippen molar-refractivity contribution < 1.29 is 14.3 Å². The van der Waals surface area contributed by atoms with Gasteiger partial charge in [0.25, 0.3) is 0 Å². The molecule has 1 saturated heterocycles. The summed E-state index contributed by atoms with van der Waals surface area (Å²) in [5.41, 5.74) is 1.00. The first-order chi connectivity index (χ1) is 9.77. The second-order valence-electron chi connectivity index (χ2n) is 4.93. The standard InChI is InChI=1S/C15H16N2O3/c18-15(19)12-3-1-9-17(12)14(13-4-2-10-20-13)11-5-7-16-8-6-11/h2,4-8,10,12,14H,1,3,9H2,(H,18,19). The minimum Gasteiger partial charge on any atom is -0.480 e. The number of nitrogens with zero attached hydrogens (tertiary/aromatic N) is 2. The van der Waals surface area contributed by atoms with E-state index in [1.54, 1.807) is 18.7 Å². The number of carbonyl (C=O) groups is 1. The van der Waals surface area contributed by atoms with Gasteiger partial charge in [0.2, 0.25) is 0 Å². The first-order valence-electron chi connectivity index (χ1n) is 6.69. The smallest absolute Gasteiger partial charge is 0.320 e. The molecule has 2 atom stereocenters. The molecule has 5 nitrogen and oxygen atoms in total. The second kappa shape index (κ2) is 5.46. The third-order valence-electron chi connectivity index (χ3n) is 3.75. The van der Waals surface area contributed by atoms with Crippen LogP contribution in [-0.2, 0) is 4.79 Å². The number of furan rings is 1. The molecule has 0 aromatic carbocycles. The van der Waals surface area contributed by atoms with Crippen molar-refractivity contribution in [2.24, 2.45) is 0 Å². The molecule has 0 saturated carbocycles. The lowest BCUT2D eigenvalue weighted by molar-refractivity contribution is -0.142. The van der Waals surface area contributed by atoms with Crippen LogP contribution in [0.15, 0.2) is 47.3 Å². The van der Waals surface area contributed by atoms with E-state index in [1.807, 2.05) is 29.2 Å². The lowest BCUT2D eigenvalue weighted by atomic mass is 10.0. The van der Waals surface area contributed by atoms with Crippen LogP contribution in [0.1, 0.15) is 30.2 Å². The van der Waals surface area contributed by atoms with Gasteiger partial charge in [-0.3, -0.25) is 14.7 Å². The third kappa shape index (κ3) is 2.32. The Labute approximate surface area is 116 Å². The Kier molecular flexibility index (Phi) is 3.52. The normalized spacial score (nSPS) is 20.9. The van der Waals surface area contributed by atoms with Crippen LogP contribution in [0.3, 0.4) is 0 Å². The molecular formula is C15H16N2O3. The van der Waals surface area contributed by atoms with Gasteiger partial charge in [-0.05, 0) is 42.7 Å². The fourth-order valence-electron chi connectivity index (χ4n) is 2.88. The van der Waals surface area contributed by atoms with Crippen molar-refractivity contribution in [1.29, 1.82) is 0 Å². The molecule has 3 rings (SSSR count). The van der Waals surface area contributed by atoms with Crippen LogP contribution in [0.25, 0.3) is 0 Å². The molecule has 0 radical (unpaired) electrons. The quantitative estimate of drug-likeness (QED) is 0.925. The minimum atomic E-state index is -0.770. The number of likely N-dealkylation sites (tertiary alicyclic amines) is 1. The summed E-state index contributed by atoms with van der Waals surface area (Å²) in [4.78, 5) is 17.5. The zero-order valence-electron chi connectivity index (χ0n) is 11.0. The fourth-order valence-corrected chi connectivity index (χ4v) is 2.88. The van der Waals surface area contributed by atoms with Crippen LogP contribution < -0.4 is 0 Å².